The molecule has 5 nitrogen and oxygen atoms in total. The third-order valence-electron chi connectivity index (χ3n) is 2.08. The van der Waals surface area contributed by atoms with Gasteiger partial charge in [0.2, 0.25) is 0 Å². The molecule has 0 saturated carbocycles. The second-order valence-electron chi connectivity index (χ2n) is 8.43. The van der Waals surface area contributed by atoms with Crippen molar-refractivity contribution in [3.8, 4) is 0 Å². The Kier molecular flexibility index (Phi) is 8.35. The van der Waals surface area contributed by atoms with E-state index in [-0.39, 0.29) is 12.2 Å². The minimum absolute atomic E-state index is 0.0784. The normalized spacial score (nSPS) is 14.3. The van der Waals surface area contributed by atoms with Gasteiger partial charge in [0.1, 0.15) is 0 Å². The Morgan fingerprint density at radius 1 is 0.783 bits per heavy atom. The second-order valence-corrected chi connectivity index (χ2v) is 25.2. The molecule has 23 heavy (non-hydrogen) atoms. The van der Waals surface area contributed by atoms with E-state index in [0.29, 0.717) is 0 Å². The summed E-state index contributed by atoms with van der Waals surface area (Å²) in [6.45, 7) is 20.7. The van der Waals surface area contributed by atoms with E-state index in [2.05, 4.69) is 58.9 Å². The lowest BCUT2D eigenvalue weighted by Gasteiger charge is -2.42. The second kappa shape index (κ2) is 8.36. The maximum atomic E-state index is 11.8. The molecule has 0 spiro atoms. The van der Waals surface area contributed by atoms with Crippen molar-refractivity contribution >= 4 is 39.7 Å². The lowest BCUT2D eigenvalue weighted by atomic mass is 10.5. The molecule has 0 amide bonds. The van der Waals surface area contributed by atoms with Gasteiger partial charge in [-0.15, -0.1) is 0 Å². The van der Waals surface area contributed by atoms with Gasteiger partial charge >= 0.3 is 14.8 Å². The predicted molar refractivity (Wildman–Crippen MR) is 105 cm³/mol. The van der Waals surface area contributed by atoms with E-state index in [1.807, 2.05) is 0 Å². The summed E-state index contributed by atoms with van der Waals surface area (Å²) in [5.74, 6) is -0.387. The summed E-state index contributed by atoms with van der Waals surface area (Å²) < 4.78 is 24.6. The third-order valence-corrected chi connectivity index (χ3v) is 13.7. The van der Waals surface area contributed by atoms with E-state index >= 15 is 0 Å². The van der Waals surface area contributed by atoms with Crippen LogP contribution in [0.25, 0.3) is 0 Å². The van der Waals surface area contributed by atoms with Crippen molar-refractivity contribution in [2.75, 3.05) is 6.23 Å². The standard InChI is InChI=1S/C14H34O5Si4/c1-11-12-14(15)16-13-23(17-20(2,3)4,18-21(5,6)7)19-22(8,9)10/h11-12H,13H2,1-10H3. The molecule has 0 aliphatic heterocycles. The molecule has 0 heterocycles. The molecule has 0 radical (unpaired) electrons. The van der Waals surface area contributed by atoms with Crippen LogP contribution in [-0.2, 0) is 21.9 Å². The highest BCUT2D eigenvalue weighted by atomic mass is 28.5. The van der Waals surface area contributed by atoms with Crippen molar-refractivity contribution in [3.63, 3.8) is 0 Å². The van der Waals surface area contributed by atoms with Crippen molar-refractivity contribution < 1.29 is 21.9 Å². The molecule has 0 aliphatic carbocycles. The molecule has 0 unspecified atom stereocenters. The largest absolute Gasteiger partial charge is 0.509 e. The van der Waals surface area contributed by atoms with Crippen molar-refractivity contribution in [3.05, 3.63) is 12.2 Å². The molecule has 0 bridgehead atoms. The zero-order chi connectivity index (χ0) is 18.5. The van der Waals surface area contributed by atoms with Gasteiger partial charge in [-0.2, -0.15) is 0 Å². The first kappa shape index (κ1) is 23.0. The number of ether oxygens (including phenoxy) is 1. The number of allylic oxidation sites excluding steroid dienone is 1. The first-order valence-corrected chi connectivity index (χ1v) is 20.1. The van der Waals surface area contributed by atoms with Gasteiger partial charge in [-0.05, 0) is 65.8 Å². The van der Waals surface area contributed by atoms with Gasteiger partial charge in [0.15, 0.2) is 31.2 Å². The van der Waals surface area contributed by atoms with Gasteiger partial charge in [-0.25, -0.2) is 4.79 Å². The Labute approximate surface area is 146 Å². The average Bonchev–Trinajstić information content (AvgIpc) is 2.19. The summed E-state index contributed by atoms with van der Waals surface area (Å²) in [5.41, 5.74) is 0. The molecular formula is C14H34O5Si4. The third kappa shape index (κ3) is 12.0. The zero-order valence-electron chi connectivity index (χ0n) is 16.4. The van der Waals surface area contributed by atoms with Gasteiger partial charge in [-0.1, -0.05) is 6.08 Å². The molecule has 0 atom stereocenters. The lowest BCUT2D eigenvalue weighted by Crippen LogP contribution is -2.63. The van der Waals surface area contributed by atoms with Crippen molar-refractivity contribution in [2.24, 2.45) is 0 Å². The van der Waals surface area contributed by atoms with Crippen LogP contribution in [0.1, 0.15) is 6.92 Å². The molecule has 0 aromatic heterocycles. The van der Waals surface area contributed by atoms with Crippen molar-refractivity contribution in [2.45, 2.75) is 65.8 Å². The molecule has 0 saturated heterocycles. The summed E-state index contributed by atoms with van der Waals surface area (Å²) in [6.07, 6.45) is 3.13. The van der Waals surface area contributed by atoms with Crippen LogP contribution in [0.2, 0.25) is 58.9 Å². The van der Waals surface area contributed by atoms with Gasteiger partial charge in [0.25, 0.3) is 0 Å². The predicted octanol–water partition coefficient (Wildman–Crippen LogP) is 4.14. The quantitative estimate of drug-likeness (QED) is 0.334. The van der Waals surface area contributed by atoms with Crippen LogP contribution in [0.3, 0.4) is 0 Å². The molecule has 9 heteroatoms. The topological polar surface area (TPSA) is 54.0 Å². The number of rotatable bonds is 9. The molecule has 0 aromatic rings. The fourth-order valence-corrected chi connectivity index (χ4v) is 15.7. The van der Waals surface area contributed by atoms with Crippen LogP contribution in [0.5, 0.6) is 0 Å². The zero-order valence-corrected chi connectivity index (χ0v) is 20.4. The van der Waals surface area contributed by atoms with Gasteiger partial charge in [0, 0.05) is 6.08 Å². The monoisotopic (exact) mass is 394 g/mol. The van der Waals surface area contributed by atoms with Crippen LogP contribution in [0.4, 0.5) is 0 Å². The number of hydrogen-bond acceptors (Lipinski definition) is 5. The van der Waals surface area contributed by atoms with Crippen molar-refractivity contribution in [1.29, 1.82) is 0 Å². The molecule has 0 N–H and O–H groups in total. The highest BCUT2D eigenvalue weighted by molar-refractivity contribution is 6.90. The first-order valence-electron chi connectivity index (χ1n) is 7.97. The van der Waals surface area contributed by atoms with Gasteiger partial charge in [0.05, 0.1) is 0 Å². The molecule has 0 aliphatic rings. The molecule has 0 fully saturated rings. The highest BCUT2D eigenvalue weighted by Crippen LogP contribution is 2.26. The fourth-order valence-electron chi connectivity index (χ4n) is 1.89. The van der Waals surface area contributed by atoms with E-state index in [1.54, 1.807) is 13.0 Å². The number of esters is 1. The molecule has 136 valence electrons. The summed E-state index contributed by atoms with van der Waals surface area (Å²) in [5, 5.41) is 0. The Balaban J connectivity index is 5.57. The summed E-state index contributed by atoms with van der Waals surface area (Å²) in [4.78, 5) is 11.8. The van der Waals surface area contributed by atoms with Crippen LogP contribution in [-0.4, -0.2) is 46.0 Å². The Bertz CT molecular complexity index is 378. The van der Waals surface area contributed by atoms with Gasteiger partial charge < -0.3 is 17.1 Å². The fraction of sp³-hybridized carbons (Fsp3) is 0.786. The number of carbonyl (C=O) groups excluding carboxylic acids is 1. The van der Waals surface area contributed by atoms with Crippen LogP contribution in [0.15, 0.2) is 12.2 Å². The average molecular weight is 395 g/mol. The van der Waals surface area contributed by atoms with E-state index < -0.39 is 33.8 Å². The Morgan fingerprint density at radius 3 is 1.39 bits per heavy atom. The number of hydrogen-bond donors (Lipinski definition) is 0. The minimum atomic E-state index is -3.09. The molecule has 0 rings (SSSR count). The number of carbonyl (C=O) groups is 1. The van der Waals surface area contributed by atoms with Crippen LogP contribution < -0.4 is 0 Å². The minimum Gasteiger partial charge on any atom is -0.458 e. The summed E-state index contributed by atoms with van der Waals surface area (Å²) >= 11 is 0. The van der Waals surface area contributed by atoms with E-state index in [0.717, 1.165) is 0 Å². The molecule has 0 aromatic carbocycles. The van der Waals surface area contributed by atoms with Crippen LogP contribution >= 0.6 is 0 Å². The van der Waals surface area contributed by atoms with E-state index in [9.17, 15) is 4.79 Å². The highest BCUT2D eigenvalue weighted by Gasteiger charge is 2.51. The SMILES string of the molecule is CC=CC(=O)OC[Si](O[Si](C)(C)C)(O[Si](C)(C)C)O[Si](C)(C)C. The van der Waals surface area contributed by atoms with Crippen molar-refractivity contribution in [1.82, 2.24) is 0 Å². The maximum Gasteiger partial charge on any atom is 0.509 e. The first-order chi connectivity index (χ1) is 10.1. The summed E-state index contributed by atoms with van der Waals surface area (Å²) in [7, 11) is -8.89. The maximum absolute atomic E-state index is 11.8. The van der Waals surface area contributed by atoms with E-state index in [4.69, 9.17) is 17.1 Å². The lowest BCUT2D eigenvalue weighted by molar-refractivity contribution is -0.137. The van der Waals surface area contributed by atoms with Gasteiger partial charge in [-0.3, -0.25) is 0 Å². The van der Waals surface area contributed by atoms with E-state index in [1.165, 1.54) is 6.08 Å². The summed E-state index contributed by atoms with van der Waals surface area (Å²) in [6, 6.07) is 0. The Hall–Kier alpha value is -0.0425. The Morgan fingerprint density at radius 2 is 1.13 bits per heavy atom. The smallest absolute Gasteiger partial charge is 0.458 e. The van der Waals surface area contributed by atoms with Crippen LogP contribution in [0, 0.1) is 0 Å². The molecular weight excluding hydrogens is 360 g/mol.